The Kier molecular flexibility index (Phi) is 5.59. The molecule has 0 aliphatic heterocycles. The number of aliphatic hydroxyl groups is 1. The molecular weight excluding hydrogens is 311 g/mol. The standard InChI is InChI=1S/C18H25FN2O3/c1-18(2,3)17(24)20-10-16(23)21(14-8-9-14)11-15(22)12-4-6-13(19)7-5-12/h4-7,14-15,22H,8-11H2,1-3H3,(H,20,24). The molecule has 132 valence electrons. The van der Waals surface area contributed by atoms with E-state index in [4.69, 9.17) is 0 Å². The summed E-state index contributed by atoms with van der Waals surface area (Å²) in [5, 5.41) is 13.0. The molecule has 1 saturated carbocycles. The second-order valence-electron chi connectivity index (χ2n) is 7.28. The van der Waals surface area contributed by atoms with Crippen LogP contribution in [0.2, 0.25) is 0 Å². The van der Waals surface area contributed by atoms with E-state index in [0.717, 1.165) is 12.8 Å². The summed E-state index contributed by atoms with van der Waals surface area (Å²) >= 11 is 0. The maximum absolute atomic E-state index is 13.0. The van der Waals surface area contributed by atoms with E-state index < -0.39 is 11.5 Å². The van der Waals surface area contributed by atoms with Crippen LogP contribution in [0.25, 0.3) is 0 Å². The minimum Gasteiger partial charge on any atom is -0.387 e. The SMILES string of the molecule is CC(C)(C)C(=O)NCC(=O)N(CC(O)c1ccc(F)cc1)C1CC1. The molecule has 0 saturated heterocycles. The molecule has 0 bridgehead atoms. The van der Waals surface area contributed by atoms with Crippen LogP contribution in [0.15, 0.2) is 24.3 Å². The Morgan fingerprint density at radius 2 is 1.88 bits per heavy atom. The number of hydrogen-bond acceptors (Lipinski definition) is 3. The highest BCUT2D eigenvalue weighted by Crippen LogP contribution is 2.29. The van der Waals surface area contributed by atoms with E-state index in [1.165, 1.54) is 24.3 Å². The smallest absolute Gasteiger partial charge is 0.242 e. The van der Waals surface area contributed by atoms with Crippen LogP contribution in [-0.2, 0) is 9.59 Å². The summed E-state index contributed by atoms with van der Waals surface area (Å²) in [5.74, 6) is -0.770. The maximum atomic E-state index is 13.0. The lowest BCUT2D eigenvalue weighted by molar-refractivity contribution is -0.136. The Bertz CT molecular complexity index is 591. The third-order valence-electron chi connectivity index (χ3n) is 4.01. The highest BCUT2D eigenvalue weighted by atomic mass is 19.1. The molecule has 0 spiro atoms. The van der Waals surface area contributed by atoms with Crippen molar-refractivity contribution in [1.29, 1.82) is 0 Å². The van der Waals surface area contributed by atoms with Crippen LogP contribution in [0.3, 0.4) is 0 Å². The Morgan fingerprint density at radius 1 is 1.29 bits per heavy atom. The van der Waals surface area contributed by atoms with Gasteiger partial charge in [-0.3, -0.25) is 9.59 Å². The summed E-state index contributed by atoms with van der Waals surface area (Å²) in [7, 11) is 0. The van der Waals surface area contributed by atoms with Gasteiger partial charge in [0.15, 0.2) is 0 Å². The van der Waals surface area contributed by atoms with Gasteiger partial charge in [-0.2, -0.15) is 0 Å². The van der Waals surface area contributed by atoms with Crippen molar-refractivity contribution < 1.29 is 19.1 Å². The second-order valence-corrected chi connectivity index (χ2v) is 7.28. The lowest BCUT2D eigenvalue weighted by Gasteiger charge is -2.26. The van der Waals surface area contributed by atoms with Crippen LogP contribution in [0.1, 0.15) is 45.3 Å². The van der Waals surface area contributed by atoms with Gasteiger partial charge in [0.05, 0.1) is 19.2 Å². The van der Waals surface area contributed by atoms with Crippen LogP contribution >= 0.6 is 0 Å². The van der Waals surface area contributed by atoms with Crippen molar-refractivity contribution >= 4 is 11.8 Å². The van der Waals surface area contributed by atoms with Gasteiger partial charge in [-0.05, 0) is 30.5 Å². The van der Waals surface area contributed by atoms with E-state index >= 15 is 0 Å². The summed E-state index contributed by atoms with van der Waals surface area (Å²) in [5.41, 5.74) is 0.00627. The van der Waals surface area contributed by atoms with Crippen molar-refractivity contribution in [3.05, 3.63) is 35.6 Å². The number of halogens is 1. The Labute approximate surface area is 141 Å². The average Bonchev–Trinajstić information content (AvgIpc) is 3.34. The van der Waals surface area contributed by atoms with Gasteiger partial charge < -0.3 is 15.3 Å². The fourth-order valence-electron chi connectivity index (χ4n) is 2.34. The van der Waals surface area contributed by atoms with Crippen LogP contribution in [0.4, 0.5) is 4.39 Å². The molecule has 0 radical (unpaired) electrons. The van der Waals surface area contributed by atoms with E-state index in [0.29, 0.717) is 5.56 Å². The molecule has 1 aromatic rings. The average molecular weight is 336 g/mol. The zero-order valence-corrected chi connectivity index (χ0v) is 14.4. The quantitative estimate of drug-likeness (QED) is 0.835. The number of nitrogens with zero attached hydrogens (tertiary/aromatic N) is 1. The molecular formula is C18H25FN2O3. The van der Waals surface area contributed by atoms with Crippen molar-refractivity contribution in [3.63, 3.8) is 0 Å². The third kappa shape index (κ3) is 5.03. The summed E-state index contributed by atoms with van der Waals surface area (Å²) in [6, 6.07) is 5.70. The Morgan fingerprint density at radius 3 is 2.38 bits per heavy atom. The first-order chi connectivity index (χ1) is 11.2. The molecule has 5 nitrogen and oxygen atoms in total. The molecule has 2 amide bonds. The Hall–Kier alpha value is -1.95. The van der Waals surface area contributed by atoms with Crippen LogP contribution < -0.4 is 5.32 Å². The number of benzene rings is 1. The minimum atomic E-state index is -0.881. The van der Waals surface area contributed by atoms with Crippen molar-refractivity contribution in [2.45, 2.75) is 45.8 Å². The molecule has 1 fully saturated rings. The van der Waals surface area contributed by atoms with Crippen molar-refractivity contribution in [1.82, 2.24) is 10.2 Å². The highest BCUT2D eigenvalue weighted by Gasteiger charge is 2.34. The fourth-order valence-corrected chi connectivity index (χ4v) is 2.34. The predicted molar refractivity (Wildman–Crippen MR) is 88.6 cm³/mol. The second kappa shape index (κ2) is 7.30. The molecule has 2 N–H and O–H groups in total. The van der Waals surface area contributed by atoms with Crippen molar-refractivity contribution in [2.24, 2.45) is 5.41 Å². The minimum absolute atomic E-state index is 0.0806. The number of carbonyl (C=O) groups excluding carboxylic acids is 2. The number of hydrogen-bond donors (Lipinski definition) is 2. The van der Waals surface area contributed by atoms with E-state index in [2.05, 4.69) is 5.32 Å². The van der Waals surface area contributed by atoms with Gasteiger partial charge in [-0.1, -0.05) is 32.9 Å². The first kappa shape index (κ1) is 18.4. The number of nitrogens with one attached hydrogen (secondary N) is 1. The normalized spacial score (nSPS) is 15.7. The van der Waals surface area contributed by atoms with Crippen LogP contribution in [-0.4, -0.2) is 41.0 Å². The maximum Gasteiger partial charge on any atom is 0.242 e. The van der Waals surface area contributed by atoms with Gasteiger partial charge >= 0.3 is 0 Å². The zero-order chi connectivity index (χ0) is 17.9. The van der Waals surface area contributed by atoms with Gasteiger partial charge in [-0.25, -0.2) is 4.39 Å². The molecule has 1 unspecified atom stereocenters. The van der Waals surface area contributed by atoms with E-state index in [9.17, 15) is 19.1 Å². The molecule has 1 aliphatic carbocycles. The van der Waals surface area contributed by atoms with E-state index in [1.54, 1.807) is 25.7 Å². The fraction of sp³-hybridized carbons (Fsp3) is 0.556. The van der Waals surface area contributed by atoms with E-state index in [1.807, 2.05) is 0 Å². The number of carbonyl (C=O) groups is 2. The van der Waals surface area contributed by atoms with Gasteiger partial charge in [0.2, 0.25) is 11.8 Å². The summed E-state index contributed by atoms with van der Waals surface area (Å²) in [6.45, 7) is 5.40. The third-order valence-corrected chi connectivity index (χ3v) is 4.01. The lowest BCUT2D eigenvalue weighted by Crippen LogP contribution is -2.45. The molecule has 1 aromatic carbocycles. The van der Waals surface area contributed by atoms with Gasteiger partial charge in [0.25, 0.3) is 0 Å². The molecule has 0 aromatic heterocycles. The summed E-state index contributed by atoms with van der Waals surface area (Å²) in [4.78, 5) is 25.9. The first-order valence-electron chi connectivity index (χ1n) is 8.20. The molecule has 0 heterocycles. The summed E-state index contributed by atoms with van der Waals surface area (Å²) < 4.78 is 13.0. The lowest BCUT2D eigenvalue weighted by atomic mass is 9.96. The van der Waals surface area contributed by atoms with Crippen molar-refractivity contribution in [3.8, 4) is 0 Å². The van der Waals surface area contributed by atoms with Crippen LogP contribution in [0, 0.1) is 11.2 Å². The summed E-state index contributed by atoms with van der Waals surface area (Å²) in [6.07, 6.45) is 0.915. The molecule has 2 rings (SSSR count). The van der Waals surface area contributed by atoms with E-state index in [-0.39, 0.29) is 36.8 Å². The van der Waals surface area contributed by atoms with Gasteiger partial charge in [-0.15, -0.1) is 0 Å². The van der Waals surface area contributed by atoms with Gasteiger partial charge in [0.1, 0.15) is 5.82 Å². The van der Waals surface area contributed by atoms with Crippen LogP contribution in [0.5, 0.6) is 0 Å². The molecule has 6 heteroatoms. The number of amides is 2. The number of aliphatic hydroxyl groups excluding tert-OH is 1. The van der Waals surface area contributed by atoms with Gasteiger partial charge in [0, 0.05) is 11.5 Å². The highest BCUT2D eigenvalue weighted by molar-refractivity contribution is 5.87. The molecule has 24 heavy (non-hydrogen) atoms. The Balaban J connectivity index is 1.95. The largest absolute Gasteiger partial charge is 0.387 e. The van der Waals surface area contributed by atoms with Crippen molar-refractivity contribution in [2.75, 3.05) is 13.1 Å². The number of rotatable bonds is 6. The molecule has 1 atom stereocenters. The molecule has 1 aliphatic rings. The predicted octanol–water partition coefficient (Wildman–Crippen LogP) is 2.01. The first-order valence-corrected chi connectivity index (χ1v) is 8.20. The topological polar surface area (TPSA) is 69.6 Å². The zero-order valence-electron chi connectivity index (χ0n) is 14.4. The monoisotopic (exact) mass is 336 g/mol.